The van der Waals surface area contributed by atoms with E-state index in [-0.39, 0.29) is 11.3 Å². The maximum atomic E-state index is 13.3. The summed E-state index contributed by atoms with van der Waals surface area (Å²) >= 11 is 0. The number of anilines is 1. The summed E-state index contributed by atoms with van der Waals surface area (Å²) in [6, 6.07) is 7.64. The van der Waals surface area contributed by atoms with Gasteiger partial charge < -0.3 is 14.8 Å². The van der Waals surface area contributed by atoms with E-state index >= 15 is 0 Å². The number of nitrogens with zero attached hydrogens (tertiary/aromatic N) is 1. The van der Waals surface area contributed by atoms with Crippen LogP contribution in [0.4, 0.5) is 15.8 Å². The van der Waals surface area contributed by atoms with Crippen LogP contribution in [-0.2, 0) is 0 Å². The van der Waals surface area contributed by atoms with Gasteiger partial charge in [-0.05, 0) is 30.3 Å². The van der Waals surface area contributed by atoms with Gasteiger partial charge >= 0.3 is 5.69 Å². The molecule has 0 radical (unpaired) electrons. The molecule has 0 atom stereocenters. The van der Waals surface area contributed by atoms with E-state index in [0.29, 0.717) is 11.5 Å². The van der Waals surface area contributed by atoms with Crippen molar-refractivity contribution >= 4 is 17.3 Å². The molecule has 0 saturated carbocycles. The molecule has 7 nitrogen and oxygen atoms in total. The number of carbonyl (C=O) groups is 1. The third kappa shape index (κ3) is 3.54. The molecule has 0 spiro atoms. The monoisotopic (exact) mass is 320 g/mol. The van der Waals surface area contributed by atoms with Crippen molar-refractivity contribution in [2.45, 2.75) is 0 Å². The van der Waals surface area contributed by atoms with E-state index in [1.165, 1.54) is 32.4 Å². The minimum atomic E-state index is -0.973. The van der Waals surface area contributed by atoms with E-state index in [1.54, 1.807) is 6.07 Å². The molecule has 0 aliphatic rings. The Morgan fingerprint density at radius 2 is 1.83 bits per heavy atom. The van der Waals surface area contributed by atoms with Crippen LogP contribution in [-0.4, -0.2) is 25.1 Å². The molecule has 8 heteroatoms. The van der Waals surface area contributed by atoms with Crippen molar-refractivity contribution in [2.24, 2.45) is 0 Å². The molecule has 0 unspecified atom stereocenters. The molecule has 23 heavy (non-hydrogen) atoms. The average Bonchev–Trinajstić information content (AvgIpc) is 2.55. The Morgan fingerprint density at radius 3 is 2.43 bits per heavy atom. The molecule has 2 rings (SSSR count). The van der Waals surface area contributed by atoms with Crippen LogP contribution in [0.15, 0.2) is 36.4 Å². The molecule has 0 aliphatic carbocycles. The van der Waals surface area contributed by atoms with Crippen molar-refractivity contribution in [2.75, 3.05) is 19.5 Å². The Balaban J connectivity index is 2.25. The fourth-order valence-corrected chi connectivity index (χ4v) is 1.91. The lowest BCUT2D eigenvalue weighted by Gasteiger charge is -2.10. The maximum Gasteiger partial charge on any atom is 0.306 e. The van der Waals surface area contributed by atoms with E-state index in [4.69, 9.17) is 9.47 Å². The van der Waals surface area contributed by atoms with E-state index < -0.39 is 22.3 Å². The van der Waals surface area contributed by atoms with Gasteiger partial charge in [0.1, 0.15) is 0 Å². The third-order valence-electron chi connectivity index (χ3n) is 3.05. The normalized spacial score (nSPS) is 10.0. The summed E-state index contributed by atoms with van der Waals surface area (Å²) in [6.07, 6.45) is 0. The van der Waals surface area contributed by atoms with E-state index in [0.717, 1.165) is 12.1 Å². The summed E-state index contributed by atoms with van der Waals surface area (Å²) in [5.41, 5.74) is -0.345. The van der Waals surface area contributed by atoms with Crippen molar-refractivity contribution in [3.05, 3.63) is 57.9 Å². The van der Waals surface area contributed by atoms with Gasteiger partial charge in [-0.25, -0.2) is 0 Å². The van der Waals surface area contributed by atoms with E-state index in [2.05, 4.69) is 5.32 Å². The fourth-order valence-electron chi connectivity index (χ4n) is 1.91. The molecule has 0 bridgehead atoms. The van der Waals surface area contributed by atoms with Crippen molar-refractivity contribution in [3.8, 4) is 11.5 Å². The van der Waals surface area contributed by atoms with Gasteiger partial charge in [-0.15, -0.1) is 0 Å². The molecule has 0 saturated heterocycles. The molecular weight excluding hydrogens is 307 g/mol. The van der Waals surface area contributed by atoms with Crippen LogP contribution in [0, 0.1) is 15.9 Å². The smallest absolute Gasteiger partial charge is 0.306 e. The Bertz CT molecular complexity index is 764. The Morgan fingerprint density at radius 1 is 1.13 bits per heavy atom. The minimum absolute atomic E-state index is 0.109. The second kappa shape index (κ2) is 6.73. The van der Waals surface area contributed by atoms with E-state index in [1.807, 2.05) is 0 Å². The molecule has 0 heterocycles. The standard InChI is InChI=1S/C15H13FN2O5/c1-22-13-6-3-9(7-14(13)23-2)15(19)17-10-4-5-11(16)12(8-10)18(20)21/h3-8H,1-2H3,(H,17,19). The largest absolute Gasteiger partial charge is 0.493 e. The second-order valence-corrected chi connectivity index (χ2v) is 4.45. The first kappa shape index (κ1) is 16.2. The molecular formula is C15H13FN2O5. The summed E-state index contributed by atoms with van der Waals surface area (Å²) in [7, 11) is 2.90. The first-order valence-electron chi connectivity index (χ1n) is 6.43. The molecule has 120 valence electrons. The van der Waals surface area contributed by atoms with Crippen molar-refractivity contribution < 1.29 is 23.6 Å². The van der Waals surface area contributed by atoms with Gasteiger partial charge in [-0.2, -0.15) is 4.39 Å². The highest BCUT2D eigenvalue weighted by Crippen LogP contribution is 2.28. The van der Waals surface area contributed by atoms with Gasteiger partial charge in [0, 0.05) is 17.3 Å². The van der Waals surface area contributed by atoms with Gasteiger partial charge in [0.15, 0.2) is 11.5 Å². The number of benzene rings is 2. The second-order valence-electron chi connectivity index (χ2n) is 4.45. The SMILES string of the molecule is COc1ccc(C(=O)Nc2ccc(F)c([N+](=O)[O-])c2)cc1OC. The lowest BCUT2D eigenvalue weighted by Crippen LogP contribution is -2.12. The van der Waals surface area contributed by atoms with Gasteiger partial charge in [-0.1, -0.05) is 0 Å². The number of methoxy groups -OCH3 is 2. The highest BCUT2D eigenvalue weighted by atomic mass is 19.1. The number of nitro groups is 1. The number of hydrogen-bond donors (Lipinski definition) is 1. The van der Waals surface area contributed by atoms with Crippen molar-refractivity contribution in [1.82, 2.24) is 0 Å². The molecule has 0 fully saturated rings. The Labute approximate surface area is 130 Å². The topological polar surface area (TPSA) is 90.7 Å². The minimum Gasteiger partial charge on any atom is -0.493 e. The summed E-state index contributed by atoms with van der Waals surface area (Å²) in [5.74, 6) is -0.669. The van der Waals surface area contributed by atoms with Gasteiger partial charge in [-0.3, -0.25) is 14.9 Å². The summed E-state index contributed by atoms with van der Waals surface area (Å²) in [4.78, 5) is 22.0. The maximum absolute atomic E-state index is 13.3. The summed E-state index contributed by atoms with van der Waals surface area (Å²) in [5, 5.41) is 13.2. The number of rotatable bonds is 5. The fraction of sp³-hybridized carbons (Fsp3) is 0.133. The van der Waals surface area contributed by atoms with Gasteiger partial charge in [0.25, 0.3) is 5.91 Å². The molecule has 2 aromatic rings. The third-order valence-corrected chi connectivity index (χ3v) is 3.05. The number of nitro benzene ring substituents is 1. The molecule has 0 aromatic heterocycles. The van der Waals surface area contributed by atoms with Crippen LogP contribution in [0.25, 0.3) is 0 Å². The van der Waals surface area contributed by atoms with Crippen LogP contribution in [0.2, 0.25) is 0 Å². The summed E-state index contributed by atoms with van der Waals surface area (Å²) < 4.78 is 23.4. The quantitative estimate of drug-likeness (QED) is 0.675. The van der Waals surface area contributed by atoms with Crippen LogP contribution < -0.4 is 14.8 Å². The van der Waals surface area contributed by atoms with Crippen molar-refractivity contribution in [1.29, 1.82) is 0 Å². The predicted molar refractivity (Wildman–Crippen MR) is 80.6 cm³/mol. The van der Waals surface area contributed by atoms with Crippen molar-refractivity contribution in [3.63, 3.8) is 0 Å². The van der Waals surface area contributed by atoms with Gasteiger partial charge in [0.2, 0.25) is 5.82 Å². The van der Waals surface area contributed by atoms with E-state index in [9.17, 15) is 19.3 Å². The molecule has 2 aromatic carbocycles. The zero-order valence-electron chi connectivity index (χ0n) is 12.3. The van der Waals surface area contributed by atoms with Crippen LogP contribution in [0.1, 0.15) is 10.4 Å². The molecule has 1 N–H and O–H groups in total. The lowest BCUT2D eigenvalue weighted by molar-refractivity contribution is -0.387. The number of halogens is 1. The lowest BCUT2D eigenvalue weighted by atomic mass is 10.1. The van der Waals surface area contributed by atoms with Crippen LogP contribution in [0.5, 0.6) is 11.5 Å². The first-order chi connectivity index (χ1) is 11.0. The highest BCUT2D eigenvalue weighted by molar-refractivity contribution is 6.04. The Hall–Kier alpha value is -3.16. The van der Waals surface area contributed by atoms with Gasteiger partial charge in [0.05, 0.1) is 19.1 Å². The Kier molecular flexibility index (Phi) is 4.75. The number of amides is 1. The highest BCUT2D eigenvalue weighted by Gasteiger charge is 2.16. The number of carbonyl (C=O) groups excluding carboxylic acids is 1. The number of hydrogen-bond acceptors (Lipinski definition) is 5. The van der Waals surface area contributed by atoms with Crippen LogP contribution >= 0.6 is 0 Å². The molecule has 0 aliphatic heterocycles. The zero-order chi connectivity index (χ0) is 17.0. The predicted octanol–water partition coefficient (Wildman–Crippen LogP) is 3.00. The van der Waals surface area contributed by atoms with Crippen LogP contribution in [0.3, 0.4) is 0 Å². The zero-order valence-corrected chi connectivity index (χ0v) is 12.3. The number of ether oxygens (including phenoxy) is 2. The number of nitrogens with one attached hydrogen (secondary N) is 1. The summed E-state index contributed by atoms with van der Waals surface area (Å²) in [6.45, 7) is 0. The first-order valence-corrected chi connectivity index (χ1v) is 6.43. The molecule has 1 amide bonds. The average molecular weight is 320 g/mol.